The van der Waals surface area contributed by atoms with Crippen molar-refractivity contribution in [2.75, 3.05) is 7.11 Å². The zero-order valence-corrected chi connectivity index (χ0v) is 19.6. The zero-order chi connectivity index (χ0) is 22.1. The third-order valence-corrected chi connectivity index (χ3v) is 6.47. The van der Waals surface area contributed by atoms with Gasteiger partial charge in [0.15, 0.2) is 5.16 Å². The highest BCUT2D eigenvalue weighted by molar-refractivity contribution is 9.10. The molecule has 30 heavy (non-hydrogen) atoms. The molecule has 0 saturated heterocycles. The Kier molecular flexibility index (Phi) is 6.57. The van der Waals surface area contributed by atoms with Gasteiger partial charge in [0.25, 0.3) is 0 Å². The predicted octanol–water partition coefficient (Wildman–Crippen LogP) is 5.55. The van der Waals surface area contributed by atoms with Crippen molar-refractivity contribution in [3.8, 4) is 0 Å². The second-order valence-electron chi connectivity index (χ2n) is 7.95. The number of carboxylic acid groups (broad SMARTS) is 1. The van der Waals surface area contributed by atoms with Gasteiger partial charge in [0.05, 0.1) is 23.7 Å². The van der Waals surface area contributed by atoms with Crippen LogP contribution >= 0.6 is 27.7 Å². The van der Waals surface area contributed by atoms with E-state index in [9.17, 15) is 14.7 Å². The number of halogens is 1. The Morgan fingerprint density at radius 1 is 1.23 bits per heavy atom. The molecule has 0 fully saturated rings. The lowest BCUT2D eigenvalue weighted by molar-refractivity contribution is -0.144. The molecule has 0 bridgehead atoms. The molecular formula is C22H23BrN2O4S. The van der Waals surface area contributed by atoms with Crippen molar-refractivity contribution in [1.82, 2.24) is 9.55 Å². The van der Waals surface area contributed by atoms with Crippen molar-refractivity contribution in [3.05, 3.63) is 58.1 Å². The van der Waals surface area contributed by atoms with E-state index in [1.165, 1.54) is 18.9 Å². The molecule has 1 unspecified atom stereocenters. The van der Waals surface area contributed by atoms with Crippen LogP contribution in [0.4, 0.5) is 0 Å². The molecule has 8 heteroatoms. The predicted molar refractivity (Wildman–Crippen MR) is 121 cm³/mol. The van der Waals surface area contributed by atoms with E-state index in [2.05, 4.69) is 15.9 Å². The van der Waals surface area contributed by atoms with E-state index in [-0.39, 0.29) is 0 Å². The summed E-state index contributed by atoms with van der Waals surface area (Å²) in [5, 5.41) is 10.6. The first kappa shape index (κ1) is 22.4. The monoisotopic (exact) mass is 490 g/mol. The summed E-state index contributed by atoms with van der Waals surface area (Å²) in [5.74, 6) is -0.799. The van der Waals surface area contributed by atoms with Crippen molar-refractivity contribution in [1.29, 1.82) is 0 Å². The van der Waals surface area contributed by atoms with E-state index in [1.807, 2.05) is 45.0 Å². The summed E-state index contributed by atoms with van der Waals surface area (Å²) < 4.78 is 7.47. The number of hydrogen-bond acceptors (Lipinski definition) is 5. The Hall–Kier alpha value is -2.32. The number of esters is 1. The number of rotatable bonds is 6. The van der Waals surface area contributed by atoms with Crippen LogP contribution in [0.5, 0.6) is 0 Å². The number of hydrogen-bond donors (Lipinski definition) is 1. The maximum Gasteiger partial charge on any atom is 0.337 e. The van der Waals surface area contributed by atoms with Gasteiger partial charge in [-0.3, -0.25) is 0 Å². The van der Waals surface area contributed by atoms with Crippen LogP contribution in [-0.4, -0.2) is 33.7 Å². The molecule has 1 aromatic heterocycles. The fourth-order valence-electron chi connectivity index (χ4n) is 3.31. The van der Waals surface area contributed by atoms with Crippen LogP contribution in [0.25, 0.3) is 11.0 Å². The molecule has 0 aliphatic heterocycles. The molecule has 158 valence electrons. The third kappa shape index (κ3) is 4.54. The Morgan fingerprint density at radius 3 is 2.57 bits per heavy atom. The number of aromatic nitrogens is 2. The number of methoxy groups -OCH3 is 1. The summed E-state index contributed by atoms with van der Waals surface area (Å²) >= 11 is 4.96. The van der Waals surface area contributed by atoms with Crippen molar-refractivity contribution in [2.24, 2.45) is 5.41 Å². The number of carbonyl (C=O) groups excluding carboxylic acids is 1. The first-order valence-corrected chi connectivity index (χ1v) is 11.1. The average molecular weight is 491 g/mol. The molecule has 6 nitrogen and oxygen atoms in total. The van der Waals surface area contributed by atoms with E-state index in [0.717, 1.165) is 21.1 Å². The van der Waals surface area contributed by atoms with E-state index in [0.29, 0.717) is 16.5 Å². The highest BCUT2D eigenvalue weighted by atomic mass is 79.9. The van der Waals surface area contributed by atoms with E-state index >= 15 is 0 Å². The highest BCUT2D eigenvalue weighted by Crippen LogP contribution is 2.38. The van der Waals surface area contributed by atoms with Crippen LogP contribution in [-0.2, 0) is 15.3 Å². The van der Waals surface area contributed by atoms with E-state index in [1.54, 1.807) is 22.8 Å². The number of imidazole rings is 1. The molecule has 3 rings (SSSR count). The van der Waals surface area contributed by atoms with Gasteiger partial charge in [-0.1, -0.05) is 60.6 Å². The summed E-state index contributed by atoms with van der Waals surface area (Å²) in [4.78, 5) is 28.8. The molecule has 0 saturated carbocycles. The van der Waals surface area contributed by atoms with Gasteiger partial charge in [0.1, 0.15) is 6.04 Å². The molecule has 1 heterocycles. The van der Waals surface area contributed by atoms with Crippen LogP contribution in [0.3, 0.4) is 0 Å². The molecular weight excluding hydrogens is 468 g/mol. The molecule has 0 radical (unpaired) electrons. The summed E-state index contributed by atoms with van der Waals surface area (Å²) in [6.07, 6.45) is 0. The first-order valence-electron chi connectivity index (χ1n) is 9.32. The molecule has 0 amide bonds. The molecule has 0 aliphatic rings. The molecule has 1 atom stereocenters. The smallest absolute Gasteiger partial charge is 0.337 e. The van der Waals surface area contributed by atoms with Crippen LogP contribution < -0.4 is 0 Å². The van der Waals surface area contributed by atoms with Gasteiger partial charge in [-0.15, -0.1) is 0 Å². The number of thioether (sulfide) groups is 1. The topological polar surface area (TPSA) is 81.4 Å². The number of para-hydroxylation sites is 2. The summed E-state index contributed by atoms with van der Waals surface area (Å²) in [6, 6.07) is 12.0. The van der Waals surface area contributed by atoms with Gasteiger partial charge < -0.3 is 14.4 Å². The Labute approximate surface area is 187 Å². The largest absolute Gasteiger partial charge is 0.480 e. The summed E-state index contributed by atoms with van der Waals surface area (Å²) in [5.41, 5.74) is 2.37. The fraction of sp³-hybridized carbons (Fsp3) is 0.318. The minimum absolute atomic E-state index is 0.403. The van der Waals surface area contributed by atoms with Crippen molar-refractivity contribution in [2.45, 2.75) is 37.7 Å². The van der Waals surface area contributed by atoms with Crippen molar-refractivity contribution >= 4 is 50.7 Å². The maximum atomic E-state index is 12.2. The normalized spacial score (nSPS) is 12.7. The second-order valence-corrected chi connectivity index (χ2v) is 9.74. The number of fused-ring (bicyclic) bond motifs is 1. The average Bonchev–Trinajstić information content (AvgIpc) is 3.03. The maximum absolute atomic E-state index is 12.2. The quantitative estimate of drug-likeness (QED) is 0.360. The lowest BCUT2D eigenvalue weighted by Crippen LogP contribution is -2.31. The molecule has 0 spiro atoms. The van der Waals surface area contributed by atoms with Crippen molar-refractivity contribution in [3.63, 3.8) is 0 Å². The van der Waals surface area contributed by atoms with Crippen LogP contribution in [0, 0.1) is 5.41 Å². The standard InChI is InChI=1S/C22H23BrN2O4S/c1-22(2,3)18(19(26)27)25-17-8-6-5-7-16(17)24-21(25)30-12-14-11-13(20(28)29-4)9-10-15(14)23/h5-11,18H,12H2,1-4H3,(H,26,27). The Bertz CT molecular complexity index is 1100. The number of carbonyl (C=O) groups is 2. The lowest BCUT2D eigenvalue weighted by Gasteiger charge is -2.29. The molecule has 3 aromatic rings. The fourth-order valence-corrected chi connectivity index (χ4v) is 4.92. The third-order valence-electron chi connectivity index (χ3n) is 4.70. The van der Waals surface area contributed by atoms with Gasteiger partial charge in [0, 0.05) is 10.2 Å². The van der Waals surface area contributed by atoms with E-state index < -0.39 is 23.4 Å². The minimum Gasteiger partial charge on any atom is -0.480 e. The number of nitrogens with zero attached hydrogens (tertiary/aromatic N) is 2. The van der Waals surface area contributed by atoms with Crippen molar-refractivity contribution < 1.29 is 19.4 Å². The van der Waals surface area contributed by atoms with Crippen LogP contribution in [0.2, 0.25) is 0 Å². The number of benzene rings is 2. The first-order chi connectivity index (χ1) is 14.1. The number of carboxylic acids is 1. The highest BCUT2D eigenvalue weighted by Gasteiger charge is 2.35. The number of aliphatic carboxylic acids is 1. The molecule has 1 N–H and O–H groups in total. The summed E-state index contributed by atoms with van der Waals surface area (Å²) in [7, 11) is 1.35. The van der Waals surface area contributed by atoms with E-state index in [4.69, 9.17) is 9.72 Å². The van der Waals surface area contributed by atoms with Gasteiger partial charge in [0.2, 0.25) is 0 Å². The summed E-state index contributed by atoms with van der Waals surface area (Å²) in [6.45, 7) is 5.72. The Balaban J connectivity index is 2.04. The zero-order valence-electron chi connectivity index (χ0n) is 17.2. The van der Waals surface area contributed by atoms with Crippen LogP contribution in [0.1, 0.15) is 42.7 Å². The SMILES string of the molecule is COC(=O)c1ccc(Br)c(CSc2nc3ccccc3n2C(C(=O)O)C(C)(C)C)c1. The van der Waals surface area contributed by atoms with Crippen LogP contribution in [0.15, 0.2) is 52.1 Å². The molecule has 0 aliphatic carbocycles. The Morgan fingerprint density at radius 2 is 1.93 bits per heavy atom. The van der Waals surface area contributed by atoms with Gasteiger partial charge >= 0.3 is 11.9 Å². The second kappa shape index (κ2) is 8.81. The minimum atomic E-state index is -0.902. The van der Waals surface area contributed by atoms with Gasteiger partial charge in [-0.05, 0) is 41.3 Å². The molecule has 2 aromatic carbocycles. The van der Waals surface area contributed by atoms with Gasteiger partial charge in [-0.25, -0.2) is 14.6 Å². The van der Waals surface area contributed by atoms with Gasteiger partial charge in [-0.2, -0.15) is 0 Å². The lowest BCUT2D eigenvalue weighted by atomic mass is 9.86. The number of ether oxygens (including phenoxy) is 1.